The highest BCUT2D eigenvalue weighted by molar-refractivity contribution is 6.03. The van der Waals surface area contributed by atoms with Gasteiger partial charge in [-0.2, -0.15) is 13.2 Å². The zero-order valence-electron chi connectivity index (χ0n) is 12.2. The molecule has 124 valence electrons. The maximum absolute atomic E-state index is 12.2. The van der Waals surface area contributed by atoms with E-state index in [1.54, 1.807) is 22.9 Å². The van der Waals surface area contributed by atoms with Gasteiger partial charge >= 0.3 is 6.18 Å². The molecule has 0 saturated carbocycles. The Morgan fingerprint density at radius 3 is 2.58 bits per heavy atom. The Labute approximate surface area is 134 Å². The zero-order valence-corrected chi connectivity index (χ0v) is 12.2. The summed E-state index contributed by atoms with van der Waals surface area (Å²) in [5.41, 5.74) is 1.30. The lowest BCUT2D eigenvalue weighted by Crippen LogP contribution is -2.19. The van der Waals surface area contributed by atoms with E-state index in [0.29, 0.717) is 11.3 Å². The van der Waals surface area contributed by atoms with Crippen molar-refractivity contribution in [1.29, 1.82) is 0 Å². The topological polar surface area (TPSA) is 55.6 Å². The molecule has 1 amide bonds. The van der Waals surface area contributed by atoms with Gasteiger partial charge in [-0.15, -0.1) is 0 Å². The first-order valence-corrected chi connectivity index (χ1v) is 6.95. The summed E-state index contributed by atoms with van der Waals surface area (Å²) in [7, 11) is 0. The quantitative estimate of drug-likeness (QED) is 0.794. The van der Waals surface area contributed by atoms with E-state index in [4.69, 9.17) is 0 Å². The fraction of sp³-hybridized carbons (Fsp3) is 0.125. The van der Waals surface area contributed by atoms with Crippen LogP contribution in [0.5, 0.6) is 5.75 Å². The maximum atomic E-state index is 12.2. The molecule has 5 nitrogen and oxygen atoms in total. The van der Waals surface area contributed by atoms with Crippen LogP contribution in [0.25, 0.3) is 5.65 Å². The molecule has 0 saturated heterocycles. The highest BCUT2D eigenvalue weighted by atomic mass is 19.4. The normalized spacial score (nSPS) is 11.5. The standard InChI is InChI=1S/C16H12F3N3O2/c17-16(18,19)10-24-12-6-4-11(5-7-12)20-15(23)13-9-22-8-2-1-3-14(22)21-13/h1-9H,10H2,(H,20,23). The van der Waals surface area contributed by atoms with Gasteiger partial charge in [0.25, 0.3) is 5.91 Å². The number of pyridine rings is 1. The molecule has 0 radical (unpaired) electrons. The van der Waals surface area contributed by atoms with Gasteiger partial charge in [0.1, 0.15) is 17.1 Å². The number of nitrogens with one attached hydrogen (secondary N) is 1. The molecule has 0 aliphatic carbocycles. The van der Waals surface area contributed by atoms with Crippen LogP contribution in [0.15, 0.2) is 54.9 Å². The van der Waals surface area contributed by atoms with Crippen molar-refractivity contribution in [2.75, 3.05) is 11.9 Å². The van der Waals surface area contributed by atoms with Crippen LogP contribution in [-0.2, 0) is 0 Å². The van der Waals surface area contributed by atoms with Gasteiger partial charge in [0, 0.05) is 18.1 Å². The van der Waals surface area contributed by atoms with Crippen molar-refractivity contribution < 1.29 is 22.7 Å². The molecule has 0 unspecified atom stereocenters. The van der Waals surface area contributed by atoms with Gasteiger partial charge in [0.2, 0.25) is 0 Å². The fourth-order valence-corrected chi connectivity index (χ4v) is 2.04. The predicted octanol–water partition coefficient (Wildman–Crippen LogP) is 3.53. The SMILES string of the molecule is O=C(Nc1ccc(OCC(F)(F)F)cc1)c1cn2ccccc2n1. The summed E-state index contributed by atoms with van der Waals surface area (Å²) < 4.78 is 42.5. The lowest BCUT2D eigenvalue weighted by atomic mass is 10.3. The largest absolute Gasteiger partial charge is 0.484 e. The number of amides is 1. The summed E-state index contributed by atoms with van der Waals surface area (Å²) in [6.07, 6.45) is -1.03. The van der Waals surface area contributed by atoms with Crippen LogP contribution < -0.4 is 10.1 Å². The van der Waals surface area contributed by atoms with Crippen molar-refractivity contribution in [3.63, 3.8) is 0 Å². The van der Waals surface area contributed by atoms with Crippen LogP contribution in [-0.4, -0.2) is 28.1 Å². The van der Waals surface area contributed by atoms with Gasteiger partial charge in [-0.1, -0.05) is 6.07 Å². The number of carbonyl (C=O) groups is 1. The maximum Gasteiger partial charge on any atom is 0.422 e. The number of alkyl halides is 3. The number of halogens is 3. The monoisotopic (exact) mass is 335 g/mol. The molecule has 0 spiro atoms. The van der Waals surface area contributed by atoms with Crippen molar-refractivity contribution in [3.8, 4) is 5.75 Å². The van der Waals surface area contributed by atoms with Crippen LogP contribution in [0.1, 0.15) is 10.5 Å². The third kappa shape index (κ3) is 3.83. The van der Waals surface area contributed by atoms with Gasteiger partial charge in [-0.05, 0) is 36.4 Å². The first kappa shape index (κ1) is 15.9. The molecule has 2 aromatic heterocycles. The summed E-state index contributed by atoms with van der Waals surface area (Å²) in [5, 5.41) is 2.63. The highest BCUT2D eigenvalue weighted by Crippen LogP contribution is 2.20. The Kier molecular flexibility index (Phi) is 4.11. The number of hydrogen-bond donors (Lipinski definition) is 1. The van der Waals surface area contributed by atoms with E-state index in [-0.39, 0.29) is 11.4 Å². The Balaban J connectivity index is 1.66. The Hall–Kier alpha value is -3.03. The molecule has 1 N–H and O–H groups in total. The average Bonchev–Trinajstić information content (AvgIpc) is 2.98. The van der Waals surface area contributed by atoms with E-state index >= 15 is 0 Å². The first-order valence-electron chi connectivity index (χ1n) is 6.95. The second-order valence-corrected chi connectivity index (χ2v) is 4.97. The zero-order chi connectivity index (χ0) is 17.2. The predicted molar refractivity (Wildman–Crippen MR) is 81.1 cm³/mol. The lowest BCUT2D eigenvalue weighted by molar-refractivity contribution is -0.153. The van der Waals surface area contributed by atoms with Gasteiger partial charge in [-0.25, -0.2) is 4.98 Å². The number of fused-ring (bicyclic) bond motifs is 1. The van der Waals surface area contributed by atoms with E-state index in [0.717, 1.165) is 0 Å². The first-order chi connectivity index (χ1) is 11.4. The molecule has 2 heterocycles. The van der Waals surface area contributed by atoms with Crippen molar-refractivity contribution >= 4 is 17.2 Å². The van der Waals surface area contributed by atoms with Crippen LogP contribution in [0.3, 0.4) is 0 Å². The molecule has 0 fully saturated rings. The van der Waals surface area contributed by atoms with Gasteiger partial charge in [-0.3, -0.25) is 4.79 Å². The van der Waals surface area contributed by atoms with Crippen LogP contribution in [0.4, 0.5) is 18.9 Å². The molecule has 3 rings (SSSR count). The number of imidazole rings is 1. The molecule has 0 aliphatic rings. The lowest BCUT2D eigenvalue weighted by Gasteiger charge is -2.09. The fourth-order valence-electron chi connectivity index (χ4n) is 2.04. The molecule has 0 bridgehead atoms. The van der Waals surface area contributed by atoms with E-state index in [1.807, 2.05) is 12.1 Å². The molecular formula is C16H12F3N3O2. The van der Waals surface area contributed by atoms with Crippen molar-refractivity contribution in [2.24, 2.45) is 0 Å². The summed E-state index contributed by atoms with van der Waals surface area (Å²) in [5.74, 6) is -0.347. The van der Waals surface area contributed by atoms with E-state index in [1.165, 1.54) is 24.3 Å². The van der Waals surface area contributed by atoms with E-state index < -0.39 is 18.7 Å². The smallest absolute Gasteiger partial charge is 0.422 e. The summed E-state index contributed by atoms with van der Waals surface area (Å²) in [6.45, 7) is -1.36. The summed E-state index contributed by atoms with van der Waals surface area (Å²) >= 11 is 0. The van der Waals surface area contributed by atoms with E-state index in [2.05, 4.69) is 15.0 Å². The minimum atomic E-state index is -4.39. The van der Waals surface area contributed by atoms with Crippen molar-refractivity contribution in [2.45, 2.75) is 6.18 Å². The average molecular weight is 335 g/mol. The number of carbonyl (C=O) groups excluding carboxylic acids is 1. The molecule has 0 aliphatic heterocycles. The van der Waals surface area contributed by atoms with Crippen LogP contribution >= 0.6 is 0 Å². The Morgan fingerprint density at radius 1 is 1.17 bits per heavy atom. The Morgan fingerprint density at radius 2 is 1.92 bits per heavy atom. The minimum Gasteiger partial charge on any atom is -0.484 e. The number of anilines is 1. The number of ether oxygens (including phenoxy) is 1. The third-order valence-corrected chi connectivity index (χ3v) is 3.11. The third-order valence-electron chi connectivity index (χ3n) is 3.11. The summed E-state index contributed by atoms with van der Waals surface area (Å²) in [4.78, 5) is 16.3. The minimum absolute atomic E-state index is 0.0676. The Bertz CT molecular complexity index is 824. The molecule has 8 heteroatoms. The molecule has 0 atom stereocenters. The molecule has 1 aromatic carbocycles. The van der Waals surface area contributed by atoms with Crippen LogP contribution in [0.2, 0.25) is 0 Å². The van der Waals surface area contributed by atoms with Crippen molar-refractivity contribution in [1.82, 2.24) is 9.38 Å². The molecule has 3 aromatic rings. The number of rotatable bonds is 4. The van der Waals surface area contributed by atoms with Gasteiger partial charge in [0.15, 0.2) is 6.61 Å². The second kappa shape index (κ2) is 6.23. The van der Waals surface area contributed by atoms with Crippen molar-refractivity contribution in [3.05, 3.63) is 60.6 Å². The van der Waals surface area contributed by atoms with Crippen LogP contribution in [0, 0.1) is 0 Å². The molecular weight excluding hydrogens is 323 g/mol. The van der Waals surface area contributed by atoms with Gasteiger partial charge in [0.05, 0.1) is 0 Å². The number of hydrogen-bond acceptors (Lipinski definition) is 3. The number of nitrogens with zero attached hydrogens (tertiary/aromatic N) is 2. The summed E-state index contributed by atoms with van der Waals surface area (Å²) in [6, 6.07) is 11.0. The second-order valence-electron chi connectivity index (χ2n) is 4.97. The molecule has 24 heavy (non-hydrogen) atoms. The highest BCUT2D eigenvalue weighted by Gasteiger charge is 2.28. The van der Waals surface area contributed by atoms with E-state index in [9.17, 15) is 18.0 Å². The number of benzene rings is 1. The number of aromatic nitrogens is 2. The van der Waals surface area contributed by atoms with Gasteiger partial charge < -0.3 is 14.5 Å².